The monoisotopic (exact) mass is 359 g/mol. The van der Waals surface area contributed by atoms with Crippen molar-refractivity contribution >= 4 is 21.5 Å². The third-order valence-electron chi connectivity index (χ3n) is 5.27. The van der Waals surface area contributed by atoms with Crippen LogP contribution in [0.2, 0.25) is 0 Å². The smallest absolute Gasteiger partial charge is 0.387 e. The molecular formula is C21H20F3NO. The molecule has 0 aromatic heterocycles. The van der Waals surface area contributed by atoms with Gasteiger partial charge < -0.3 is 10.4 Å². The molecule has 1 aliphatic rings. The largest absolute Gasteiger partial charge is 0.416 e. The minimum absolute atomic E-state index is 0.0737. The van der Waals surface area contributed by atoms with Crippen LogP contribution in [-0.4, -0.2) is 17.7 Å². The molecule has 136 valence electrons. The van der Waals surface area contributed by atoms with Crippen molar-refractivity contribution in [2.24, 2.45) is 0 Å². The SMILES string of the molecule is OC(c1cc2cc(C(F)(F)F)ccc2c2ccccc12)C1CCCCN1. The van der Waals surface area contributed by atoms with Crippen LogP contribution in [0.25, 0.3) is 21.5 Å². The Morgan fingerprint density at radius 1 is 0.962 bits per heavy atom. The minimum atomic E-state index is -4.39. The van der Waals surface area contributed by atoms with Gasteiger partial charge in [-0.05, 0) is 64.7 Å². The van der Waals surface area contributed by atoms with Gasteiger partial charge in [0.25, 0.3) is 0 Å². The van der Waals surface area contributed by atoms with Crippen molar-refractivity contribution in [2.75, 3.05) is 6.54 Å². The average Bonchev–Trinajstić information content (AvgIpc) is 2.66. The number of nitrogens with one attached hydrogen (secondary N) is 1. The fraction of sp³-hybridized carbons (Fsp3) is 0.333. The Hall–Kier alpha value is -2.11. The molecule has 1 aliphatic heterocycles. The lowest BCUT2D eigenvalue weighted by Gasteiger charge is -2.29. The first kappa shape index (κ1) is 17.3. The zero-order valence-corrected chi connectivity index (χ0v) is 14.2. The molecule has 0 spiro atoms. The van der Waals surface area contributed by atoms with E-state index in [-0.39, 0.29) is 6.04 Å². The summed E-state index contributed by atoms with van der Waals surface area (Å²) in [6.45, 7) is 0.853. The Balaban J connectivity index is 1.92. The molecule has 0 amide bonds. The van der Waals surface area contributed by atoms with Crippen molar-refractivity contribution in [3.05, 3.63) is 59.7 Å². The van der Waals surface area contributed by atoms with Crippen LogP contribution in [0, 0.1) is 0 Å². The van der Waals surface area contributed by atoms with Crippen LogP contribution >= 0.6 is 0 Å². The van der Waals surface area contributed by atoms with Crippen LogP contribution in [0.1, 0.15) is 36.5 Å². The number of fused-ring (bicyclic) bond motifs is 3. The van der Waals surface area contributed by atoms with Gasteiger partial charge in [0.2, 0.25) is 0 Å². The van der Waals surface area contributed by atoms with Crippen LogP contribution < -0.4 is 5.32 Å². The maximum atomic E-state index is 13.1. The second-order valence-corrected chi connectivity index (χ2v) is 6.95. The Bertz CT molecular complexity index is 945. The van der Waals surface area contributed by atoms with Gasteiger partial charge in [0.05, 0.1) is 11.7 Å². The van der Waals surface area contributed by atoms with Crippen LogP contribution in [0.5, 0.6) is 0 Å². The van der Waals surface area contributed by atoms with Gasteiger partial charge in [0.15, 0.2) is 0 Å². The maximum Gasteiger partial charge on any atom is 0.416 e. The van der Waals surface area contributed by atoms with Crippen molar-refractivity contribution in [3.8, 4) is 0 Å². The van der Waals surface area contributed by atoms with E-state index in [9.17, 15) is 18.3 Å². The highest BCUT2D eigenvalue weighted by Gasteiger charge is 2.31. The highest BCUT2D eigenvalue weighted by Crippen LogP contribution is 2.37. The zero-order chi connectivity index (χ0) is 18.3. The molecule has 0 aliphatic carbocycles. The number of aliphatic hydroxyl groups excluding tert-OH is 1. The topological polar surface area (TPSA) is 32.3 Å². The summed E-state index contributed by atoms with van der Waals surface area (Å²) >= 11 is 0. The summed E-state index contributed by atoms with van der Waals surface area (Å²) in [5, 5.41) is 17.3. The summed E-state index contributed by atoms with van der Waals surface area (Å²) in [6.07, 6.45) is -2.16. The molecule has 26 heavy (non-hydrogen) atoms. The van der Waals surface area contributed by atoms with E-state index in [1.54, 1.807) is 6.07 Å². The van der Waals surface area contributed by atoms with Crippen molar-refractivity contribution in [3.63, 3.8) is 0 Å². The average molecular weight is 359 g/mol. The quantitative estimate of drug-likeness (QED) is 0.618. The first-order valence-corrected chi connectivity index (χ1v) is 8.89. The van der Waals surface area contributed by atoms with Gasteiger partial charge >= 0.3 is 6.18 Å². The predicted molar refractivity (Wildman–Crippen MR) is 97.1 cm³/mol. The van der Waals surface area contributed by atoms with Crippen molar-refractivity contribution < 1.29 is 18.3 Å². The number of halogens is 3. The number of hydrogen-bond acceptors (Lipinski definition) is 2. The fourth-order valence-electron chi connectivity index (χ4n) is 3.93. The van der Waals surface area contributed by atoms with E-state index in [4.69, 9.17) is 0 Å². The first-order valence-electron chi connectivity index (χ1n) is 8.89. The lowest BCUT2D eigenvalue weighted by atomic mass is 9.89. The van der Waals surface area contributed by atoms with E-state index < -0.39 is 17.8 Å². The van der Waals surface area contributed by atoms with Gasteiger partial charge in [0, 0.05) is 6.04 Å². The van der Waals surface area contributed by atoms with Gasteiger partial charge in [-0.25, -0.2) is 0 Å². The summed E-state index contributed by atoms with van der Waals surface area (Å²) in [4.78, 5) is 0. The van der Waals surface area contributed by atoms with E-state index in [0.29, 0.717) is 10.9 Å². The molecule has 2 atom stereocenters. The lowest BCUT2D eigenvalue weighted by molar-refractivity contribution is -0.137. The molecule has 3 aromatic carbocycles. The van der Waals surface area contributed by atoms with Gasteiger partial charge in [0.1, 0.15) is 0 Å². The molecule has 2 N–H and O–H groups in total. The van der Waals surface area contributed by atoms with E-state index in [0.717, 1.165) is 48.0 Å². The maximum absolute atomic E-state index is 13.1. The number of piperidine rings is 1. The van der Waals surface area contributed by atoms with E-state index in [1.807, 2.05) is 24.3 Å². The van der Waals surface area contributed by atoms with E-state index in [2.05, 4.69) is 5.32 Å². The Labute approximate surface area is 149 Å². The van der Waals surface area contributed by atoms with Gasteiger partial charge in [-0.1, -0.05) is 36.8 Å². The Morgan fingerprint density at radius 2 is 1.73 bits per heavy atom. The van der Waals surface area contributed by atoms with Crippen molar-refractivity contribution in [1.29, 1.82) is 0 Å². The second kappa shape index (κ2) is 6.56. The lowest BCUT2D eigenvalue weighted by Crippen LogP contribution is -2.38. The predicted octanol–water partition coefficient (Wildman–Crippen LogP) is 5.19. The summed E-state index contributed by atoms with van der Waals surface area (Å²) in [5.41, 5.74) is 0.0170. The van der Waals surface area contributed by atoms with Crippen LogP contribution in [0.3, 0.4) is 0 Å². The van der Waals surface area contributed by atoms with Crippen LogP contribution in [0.4, 0.5) is 13.2 Å². The molecule has 2 nitrogen and oxygen atoms in total. The summed E-state index contributed by atoms with van der Waals surface area (Å²) in [7, 11) is 0. The van der Waals surface area contributed by atoms with Gasteiger partial charge in [-0.2, -0.15) is 13.2 Å². The molecule has 1 fully saturated rings. The standard InChI is InChI=1S/C21H20F3NO/c22-21(23,24)14-8-9-15-13(11-14)12-18(17-6-2-1-5-16(15)17)20(26)19-7-3-4-10-25-19/h1-2,5-6,8-9,11-12,19-20,25-26H,3-4,7,10H2. The number of benzene rings is 3. The molecule has 2 unspecified atom stereocenters. The van der Waals surface area contributed by atoms with Crippen molar-refractivity contribution in [2.45, 2.75) is 37.6 Å². The summed E-state index contributed by atoms with van der Waals surface area (Å²) in [5.74, 6) is 0. The molecule has 1 saturated heterocycles. The van der Waals surface area contributed by atoms with Crippen LogP contribution in [-0.2, 0) is 6.18 Å². The number of hydrogen-bond donors (Lipinski definition) is 2. The Kier molecular flexibility index (Phi) is 4.37. The Morgan fingerprint density at radius 3 is 2.42 bits per heavy atom. The number of aliphatic hydroxyl groups is 1. The third kappa shape index (κ3) is 3.06. The molecule has 1 heterocycles. The van der Waals surface area contributed by atoms with Gasteiger partial charge in [-0.3, -0.25) is 0 Å². The second-order valence-electron chi connectivity index (χ2n) is 6.95. The van der Waals surface area contributed by atoms with Crippen LogP contribution in [0.15, 0.2) is 48.5 Å². The van der Waals surface area contributed by atoms with E-state index >= 15 is 0 Å². The molecular weight excluding hydrogens is 339 g/mol. The van der Waals surface area contributed by atoms with E-state index in [1.165, 1.54) is 12.1 Å². The molecule has 0 saturated carbocycles. The fourth-order valence-corrected chi connectivity index (χ4v) is 3.93. The zero-order valence-electron chi connectivity index (χ0n) is 14.2. The van der Waals surface area contributed by atoms with Crippen molar-refractivity contribution in [1.82, 2.24) is 5.32 Å². The molecule has 4 rings (SSSR count). The molecule has 0 bridgehead atoms. The molecule has 3 aromatic rings. The first-order chi connectivity index (χ1) is 12.4. The summed E-state index contributed by atoms with van der Waals surface area (Å²) < 4.78 is 39.4. The van der Waals surface area contributed by atoms with Gasteiger partial charge in [-0.15, -0.1) is 0 Å². The molecule has 5 heteroatoms. The minimum Gasteiger partial charge on any atom is -0.387 e. The highest BCUT2D eigenvalue weighted by atomic mass is 19.4. The highest BCUT2D eigenvalue weighted by molar-refractivity contribution is 6.09. The molecule has 0 radical (unpaired) electrons. The summed E-state index contributed by atoms with van der Waals surface area (Å²) in [6, 6.07) is 13.0. The normalized spacial score (nSPS) is 19.8. The number of alkyl halides is 3. The number of rotatable bonds is 2. The third-order valence-corrected chi connectivity index (χ3v) is 5.27.